The summed E-state index contributed by atoms with van der Waals surface area (Å²) in [6.45, 7) is 1.84. The van der Waals surface area contributed by atoms with Crippen molar-refractivity contribution in [1.29, 1.82) is 0 Å². The van der Waals surface area contributed by atoms with Crippen LogP contribution in [0.3, 0.4) is 0 Å². The van der Waals surface area contributed by atoms with Gasteiger partial charge in [0, 0.05) is 0 Å². The molecule has 21 heavy (non-hydrogen) atoms. The van der Waals surface area contributed by atoms with Crippen LogP contribution in [0.15, 0.2) is 41.5 Å². The van der Waals surface area contributed by atoms with E-state index in [1.165, 1.54) is 0 Å². The highest BCUT2D eigenvalue weighted by Gasteiger charge is 2.02. The SMILES string of the molecule is COc1ccc(/C=N/Nc2ccc3nnc(C)n3n2)cc1. The van der Waals surface area contributed by atoms with E-state index in [4.69, 9.17) is 4.74 Å². The van der Waals surface area contributed by atoms with Gasteiger partial charge in [-0.25, -0.2) is 0 Å². The fraction of sp³-hybridized carbons (Fsp3) is 0.143. The van der Waals surface area contributed by atoms with Gasteiger partial charge in [-0.3, -0.25) is 5.43 Å². The average molecular weight is 282 g/mol. The standard InChI is InChI=1S/C14H14N6O/c1-10-16-18-14-8-7-13(19-20(10)14)17-15-9-11-3-5-12(21-2)6-4-11/h3-9H,1-2H3,(H,17,19)/b15-9+. The van der Waals surface area contributed by atoms with Crippen LogP contribution >= 0.6 is 0 Å². The molecular formula is C14H14N6O. The lowest BCUT2D eigenvalue weighted by Gasteiger charge is -2.01. The Bertz CT molecular complexity index is 778. The number of hydrogen-bond donors (Lipinski definition) is 1. The second-order valence-electron chi connectivity index (χ2n) is 4.38. The number of fused-ring (bicyclic) bond motifs is 1. The van der Waals surface area contributed by atoms with Gasteiger partial charge in [0.15, 0.2) is 17.3 Å². The fourth-order valence-corrected chi connectivity index (χ4v) is 1.82. The summed E-state index contributed by atoms with van der Waals surface area (Å²) in [5.74, 6) is 2.17. The molecule has 0 saturated carbocycles. The van der Waals surface area contributed by atoms with E-state index >= 15 is 0 Å². The van der Waals surface area contributed by atoms with Gasteiger partial charge in [-0.1, -0.05) is 0 Å². The van der Waals surface area contributed by atoms with E-state index in [2.05, 4.69) is 25.8 Å². The second kappa shape index (κ2) is 5.58. The van der Waals surface area contributed by atoms with Crippen molar-refractivity contribution < 1.29 is 4.74 Å². The summed E-state index contributed by atoms with van der Waals surface area (Å²) in [5.41, 5.74) is 4.55. The first kappa shape index (κ1) is 13.0. The molecule has 0 saturated heterocycles. The highest BCUT2D eigenvalue weighted by atomic mass is 16.5. The summed E-state index contributed by atoms with van der Waals surface area (Å²) < 4.78 is 6.76. The van der Waals surface area contributed by atoms with Crippen molar-refractivity contribution in [1.82, 2.24) is 19.8 Å². The van der Waals surface area contributed by atoms with Crippen LogP contribution in [0, 0.1) is 6.92 Å². The van der Waals surface area contributed by atoms with Gasteiger partial charge >= 0.3 is 0 Å². The number of hydrogen-bond acceptors (Lipinski definition) is 6. The Morgan fingerprint density at radius 1 is 1.14 bits per heavy atom. The Morgan fingerprint density at radius 2 is 1.95 bits per heavy atom. The van der Waals surface area contributed by atoms with Gasteiger partial charge in [0.25, 0.3) is 0 Å². The molecule has 2 aromatic heterocycles. The van der Waals surface area contributed by atoms with E-state index in [0.29, 0.717) is 11.5 Å². The van der Waals surface area contributed by atoms with Crippen LogP contribution in [-0.4, -0.2) is 33.1 Å². The highest BCUT2D eigenvalue weighted by molar-refractivity contribution is 5.80. The maximum absolute atomic E-state index is 5.10. The van der Waals surface area contributed by atoms with Crippen LogP contribution < -0.4 is 10.2 Å². The molecule has 3 aromatic rings. The molecular weight excluding hydrogens is 268 g/mol. The monoisotopic (exact) mass is 282 g/mol. The molecule has 0 radical (unpaired) electrons. The molecule has 0 aliphatic rings. The molecule has 2 heterocycles. The van der Waals surface area contributed by atoms with E-state index in [9.17, 15) is 0 Å². The van der Waals surface area contributed by atoms with Crippen molar-refractivity contribution in [2.24, 2.45) is 5.10 Å². The molecule has 0 fully saturated rings. The third-order valence-electron chi connectivity index (χ3n) is 2.93. The van der Waals surface area contributed by atoms with E-state index in [0.717, 1.165) is 17.1 Å². The minimum absolute atomic E-state index is 0.621. The van der Waals surface area contributed by atoms with Crippen molar-refractivity contribution >= 4 is 17.7 Å². The predicted molar refractivity (Wildman–Crippen MR) is 79.7 cm³/mol. The van der Waals surface area contributed by atoms with Crippen molar-refractivity contribution in [3.63, 3.8) is 0 Å². The van der Waals surface area contributed by atoms with E-state index in [1.54, 1.807) is 23.9 Å². The fourth-order valence-electron chi connectivity index (χ4n) is 1.82. The predicted octanol–water partition coefficient (Wildman–Crippen LogP) is 1.89. The Hall–Kier alpha value is -2.96. The lowest BCUT2D eigenvalue weighted by molar-refractivity contribution is 0.415. The summed E-state index contributed by atoms with van der Waals surface area (Å²) in [7, 11) is 1.64. The number of anilines is 1. The molecule has 0 unspecified atom stereocenters. The number of nitrogens with zero attached hydrogens (tertiary/aromatic N) is 5. The Balaban J connectivity index is 1.72. The van der Waals surface area contributed by atoms with Crippen LogP contribution in [0.2, 0.25) is 0 Å². The maximum Gasteiger partial charge on any atom is 0.178 e. The highest BCUT2D eigenvalue weighted by Crippen LogP contribution is 2.10. The molecule has 0 aliphatic heterocycles. The number of rotatable bonds is 4. The quantitative estimate of drug-likeness (QED) is 0.584. The van der Waals surface area contributed by atoms with Crippen LogP contribution in [0.25, 0.3) is 5.65 Å². The second-order valence-corrected chi connectivity index (χ2v) is 4.38. The van der Waals surface area contributed by atoms with Gasteiger partial charge in [0.2, 0.25) is 0 Å². The molecule has 1 aromatic carbocycles. The molecule has 106 valence electrons. The minimum Gasteiger partial charge on any atom is -0.497 e. The number of aryl methyl sites for hydroxylation is 1. The molecule has 0 spiro atoms. The Morgan fingerprint density at radius 3 is 2.71 bits per heavy atom. The third-order valence-corrected chi connectivity index (χ3v) is 2.93. The summed E-state index contributed by atoms with van der Waals surface area (Å²) >= 11 is 0. The summed E-state index contributed by atoms with van der Waals surface area (Å²) in [6.07, 6.45) is 1.71. The van der Waals surface area contributed by atoms with Crippen LogP contribution in [-0.2, 0) is 0 Å². The Labute approximate surface area is 121 Å². The number of nitrogens with one attached hydrogen (secondary N) is 1. The van der Waals surface area contributed by atoms with Crippen molar-refractivity contribution in [3.05, 3.63) is 47.8 Å². The average Bonchev–Trinajstić information content (AvgIpc) is 2.89. The van der Waals surface area contributed by atoms with Gasteiger partial charge in [-0.05, 0) is 48.9 Å². The molecule has 3 rings (SSSR count). The summed E-state index contributed by atoms with van der Waals surface area (Å²) in [5, 5.41) is 16.4. The molecule has 0 bridgehead atoms. The zero-order valence-corrected chi connectivity index (χ0v) is 11.7. The summed E-state index contributed by atoms with van der Waals surface area (Å²) in [4.78, 5) is 0. The van der Waals surface area contributed by atoms with Crippen molar-refractivity contribution in [3.8, 4) is 5.75 Å². The number of aromatic nitrogens is 4. The number of methoxy groups -OCH3 is 1. The maximum atomic E-state index is 5.10. The van der Waals surface area contributed by atoms with E-state index in [-0.39, 0.29) is 0 Å². The zero-order valence-electron chi connectivity index (χ0n) is 11.7. The first-order chi connectivity index (χ1) is 10.3. The molecule has 7 nitrogen and oxygen atoms in total. The van der Waals surface area contributed by atoms with Crippen molar-refractivity contribution in [2.75, 3.05) is 12.5 Å². The summed E-state index contributed by atoms with van der Waals surface area (Å²) in [6, 6.07) is 11.2. The number of benzene rings is 1. The van der Waals surface area contributed by atoms with Crippen LogP contribution in [0.1, 0.15) is 11.4 Å². The lowest BCUT2D eigenvalue weighted by Crippen LogP contribution is -2.00. The minimum atomic E-state index is 0.621. The molecule has 0 aliphatic carbocycles. The molecule has 7 heteroatoms. The Kier molecular flexibility index (Phi) is 3.46. The first-order valence-electron chi connectivity index (χ1n) is 6.38. The van der Waals surface area contributed by atoms with Gasteiger partial charge in [0.1, 0.15) is 5.75 Å². The topological polar surface area (TPSA) is 76.7 Å². The molecule has 1 N–H and O–H groups in total. The third kappa shape index (κ3) is 2.81. The van der Waals surface area contributed by atoms with Crippen LogP contribution in [0.5, 0.6) is 5.75 Å². The van der Waals surface area contributed by atoms with Gasteiger partial charge in [-0.2, -0.15) is 9.62 Å². The molecule has 0 atom stereocenters. The lowest BCUT2D eigenvalue weighted by atomic mass is 10.2. The van der Waals surface area contributed by atoms with E-state index in [1.807, 2.05) is 37.3 Å². The largest absolute Gasteiger partial charge is 0.497 e. The normalized spacial score (nSPS) is 11.1. The zero-order chi connectivity index (χ0) is 14.7. The van der Waals surface area contributed by atoms with Crippen LogP contribution in [0.4, 0.5) is 5.82 Å². The molecule has 0 amide bonds. The van der Waals surface area contributed by atoms with E-state index < -0.39 is 0 Å². The smallest absolute Gasteiger partial charge is 0.178 e. The first-order valence-corrected chi connectivity index (χ1v) is 6.38. The number of ether oxygens (including phenoxy) is 1. The number of hydrazone groups is 1. The van der Waals surface area contributed by atoms with Gasteiger partial charge in [0.05, 0.1) is 13.3 Å². The van der Waals surface area contributed by atoms with Crippen molar-refractivity contribution in [2.45, 2.75) is 6.92 Å². The van der Waals surface area contributed by atoms with Gasteiger partial charge < -0.3 is 4.74 Å². The van der Waals surface area contributed by atoms with Gasteiger partial charge in [-0.15, -0.1) is 15.3 Å².